The summed E-state index contributed by atoms with van der Waals surface area (Å²) in [4.78, 5) is 48.1. The lowest BCUT2D eigenvalue weighted by Gasteiger charge is -2.51. The Balaban J connectivity index is 2.13. The molecule has 0 saturated carbocycles. The highest BCUT2D eigenvalue weighted by Crippen LogP contribution is 2.51. The van der Waals surface area contributed by atoms with Crippen molar-refractivity contribution in [2.24, 2.45) is 0 Å². The molecular weight excluding hydrogens is 520 g/mol. The molecule has 1 fully saturated rings. The number of rotatable bonds is 7. The maximum absolute atomic E-state index is 12.6. The number of thioether (sulfide) groups is 1. The summed E-state index contributed by atoms with van der Waals surface area (Å²) in [6.45, 7) is 6.59. The van der Waals surface area contributed by atoms with Gasteiger partial charge < -0.3 is 9.64 Å². The van der Waals surface area contributed by atoms with Crippen LogP contribution in [0.5, 0.6) is 0 Å². The zero-order chi connectivity index (χ0) is 21.2. The van der Waals surface area contributed by atoms with Crippen molar-refractivity contribution in [3.8, 4) is 0 Å². The van der Waals surface area contributed by atoms with Crippen molar-refractivity contribution in [1.82, 2.24) is 4.90 Å². The average Bonchev–Trinajstić information content (AvgIpc) is 2.62. The highest BCUT2D eigenvalue weighted by Gasteiger charge is 2.62. The Hall–Kier alpha value is -1.72. The number of hydrogen-bond donors (Lipinski definition) is 0. The minimum absolute atomic E-state index is 0.0730. The van der Waals surface area contributed by atoms with Gasteiger partial charge in [-0.05, 0) is 30.2 Å². The number of alkyl halides is 2. The second-order valence-corrected chi connectivity index (χ2v) is 10.9. The molecule has 2 unspecified atom stereocenters. The van der Waals surface area contributed by atoms with Gasteiger partial charge in [0.1, 0.15) is 12.0 Å². The first kappa shape index (κ1) is 22.6. The number of benzene rings is 1. The van der Waals surface area contributed by atoms with E-state index in [1.165, 1.54) is 36.1 Å². The van der Waals surface area contributed by atoms with E-state index in [2.05, 4.69) is 38.4 Å². The van der Waals surface area contributed by atoms with E-state index >= 15 is 0 Å². The fraction of sp³-hybridized carbons (Fsp3) is 0.353. The molecule has 0 N–H and O–H groups in total. The zero-order valence-corrected chi connectivity index (χ0v) is 18.9. The molecular formula is C17H16Br2N2O6S. The zero-order valence-electron chi connectivity index (χ0n) is 14.9. The Morgan fingerprint density at radius 3 is 2.39 bits per heavy atom. The number of likely N-dealkylation sites (tertiary alicyclic amines) is 1. The number of halogens is 2. The summed E-state index contributed by atoms with van der Waals surface area (Å²) in [5.41, 5.74) is 0.863. The maximum atomic E-state index is 12.6. The lowest BCUT2D eigenvalue weighted by molar-refractivity contribution is -0.384. The van der Waals surface area contributed by atoms with Gasteiger partial charge in [0, 0.05) is 19.1 Å². The molecule has 1 saturated heterocycles. The van der Waals surface area contributed by atoms with Crippen molar-refractivity contribution in [3.63, 3.8) is 0 Å². The van der Waals surface area contributed by atoms with Crippen LogP contribution in [0, 0.1) is 10.1 Å². The van der Waals surface area contributed by atoms with E-state index in [1.807, 2.05) is 0 Å². The molecule has 1 aliphatic rings. The van der Waals surface area contributed by atoms with Gasteiger partial charge in [-0.25, -0.2) is 4.79 Å². The maximum Gasteiger partial charge on any atom is 0.333 e. The Labute approximate surface area is 182 Å². The van der Waals surface area contributed by atoms with E-state index in [0.29, 0.717) is 11.1 Å². The average molecular weight is 536 g/mol. The number of esters is 1. The number of carbonyl (C=O) groups excluding carboxylic acids is 3. The van der Waals surface area contributed by atoms with Gasteiger partial charge in [-0.3, -0.25) is 19.7 Å². The van der Waals surface area contributed by atoms with E-state index in [9.17, 15) is 24.5 Å². The van der Waals surface area contributed by atoms with Crippen molar-refractivity contribution in [1.29, 1.82) is 0 Å². The smallest absolute Gasteiger partial charge is 0.333 e. The summed E-state index contributed by atoms with van der Waals surface area (Å²) >= 11 is 7.38. The first-order chi connectivity index (χ1) is 13.0. The summed E-state index contributed by atoms with van der Waals surface area (Å²) in [5, 5.41) is 9.81. The van der Waals surface area contributed by atoms with Crippen LogP contribution in [0.4, 0.5) is 5.69 Å². The van der Waals surface area contributed by atoms with Gasteiger partial charge in [0.05, 0.1) is 4.92 Å². The fourth-order valence-corrected chi connectivity index (χ4v) is 4.84. The van der Waals surface area contributed by atoms with Crippen molar-refractivity contribution in [3.05, 3.63) is 52.1 Å². The second kappa shape index (κ2) is 8.75. The lowest BCUT2D eigenvalue weighted by atomic mass is 10.0. The van der Waals surface area contributed by atoms with E-state index in [-0.39, 0.29) is 17.4 Å². The molecule has 28 heavy (non-hydrogen) atoms. The topological polar surface area (TPSA) is 107 Å². The van der Waals surface area contributed by atoms with Crippen LogP contribution in [0.15, 0.2) is 36.4 Å². The molecule has 0 radical (unpaired) electrons. The van der Waals surface area contributed by atoms with Crippen LogP contribution in [0.2, 0.25) is 0 Å². The second-order valence-electron chi connectivity index (χ2n) is 6.08. The predicted molar refractivity (Wildman–Crippen MR) is 111 cm³/mol. The Bertz CT molecular complexity index is 843. The number of hydrogen-bond acceptors (Lipinski definition) is 7. The minimum atomic E-state index is -1.15. The number of nitro groups is 1. The van der Waals surface area contributed by atoms with Gasteiger partial charge in [0.15, 0.2) is 14.4 Å². The molecule has 2 rings (SSSR count). The molecule has 1 aromatic rings. The van der Waals surface area contributed by atoms with E-state index < -0.39 is 31.4 Å². The Morgan fingerprint density at radius 1 is 1.36 bits per heavy atom. The number of ether oxygens (including phenoxy) is 1. The van der Waals surface area contributed by atoms with Crippen LogP contribution in [0.1, 0.15) is 19.4 Å². The van der Waals surface area contributed by atoms with Crippen molar-refractivity contribution >= 4 is 66.3 Å². The first-order valence-electron chi connectivity index (χ1n) is 7.90. The number of carbonyl (C=O) groups is 3. The molecule has 0 aliphatic carbocycles. The van der Waals surface area contributed by atoms with Crippen LogP contribution >= 0.6 is 43.6 Å². The van der Waals surface area contributed by atoms with Gasteiger partial charge in [-0.1, -0.05) is 50.2 Å². The minimum Gasteiger partial charge on any atom is -0.459 e. The third-order valence-electron chi connectivity index (χ3n) is 3.86. The van der Waals surface area contributed by atoms with Crippen LogP contribution in [-0.2, 0) is 25.7 Å². The molecule has 2 atom stereocenters. The van der Waals surface area contributed by atoms with Crippen LogP contribution in [0.3, 0.4) is 0 Å². The number of nitro benzene ring substituents is 1. The molecule has 1 aromatic carbocycles. The third-order valence-corrected chi connectivity index (χ3v) is 7.14. The number of amides is 1. The molecule has 0 aromatic heterocycles. The number of β-lactam (4-membered cyclic amide) rings is 1. The lowest BCUT2D eigenvalue weighted by Crippen LogP contribution is -2.71. The Kier molecular flexibility index (Phi) is 7.05. The predicted octanol–water partition coefficient (Wildman–Crippen LogP) is 3.52. The van der Waals surface area contributed by atoms with Crippen molar-refractivity contribution < 1.29 is 24.0 Å². The summed E-state index contributed by atoms with van der Waals surface area (Å²) in [7, 11) is 0. The molecule has 11 heteroatoms. The third kappa shape index (κ3) is 4.64. The summed E-state index contributed by atoms with van der Waals surface area (Å²) in [5.74, 6) is -1.13. The Morgan fingerprint density at radius 2 is 1.93 bits per heavy atom. The van der Waals surface area contributed by atoms with Gasteiger partial charge >= 0.3 is 5.97 Å². The highest BCUT2D eigenvalue weighted by molar-refractivity contribution is 9.26. The van der Waals surface area contributed by atoms with E-state index in [4.69, 9.17) is 4.74 Å². The standard InChI is InChI=1S/C17H16Br2N2O6S/c1-9(2)13(20-15(24)17(18,19)16(20)28-10(3)22)14(23)27-8-11-4-6-12(7-5-11)21(25)26/h4-7,13,16H,1,8H2,2-3H3. The molecule has 0 spiro atoms. The number of nitrogens with zero attached hydrogens (tertiary/aromatic N) is 2. The van der Waals surface area contributed by atoms with E-state index in [1.54, 1.807) is 6.92 Å². The van der Waals surface area contributed by atoms with Crippen molar-refractivity contribution in [2.75, 3.05) is 0 Å². The first-order valence-corrected chi connectivity index (χ1v) is 10.4. The largest absolute Gasteiger partial charge is 0.459 e. The molecule has 8 nitrogen and oxygen atoms in total. The van der Waals surface area contributed by atoms with Gasteiger partial charge in [-0.2, -0.15) is 0 Å². The molecule has 1 aliphatic heterocycles. The normalized spacial score (nSPS) is 18.8. The molecule has 150 valence electrons. The highest BCUT2D eigenvalue weighted by atomic mass is 79.9. The summed E-state index contributed by atoms with van der Waals surface area (Å²) in [6, 6.07) is 4.51. The molecule has 1 amide bonds. The quantitative estimate of drug-likeness (QED) is 0.131. The molecule has 0 bridgehead atoms. The van der Waals surface area contributed by atoms with Crippen molar-refractivity contribution in [2.45, 2.75) is 35.1 Å². The molecule has 1 heterocycles. The van der Waals surface area contributed by atoms with Crippen LogP contribution in [0.25, 0.3) is 0 Å². The van der Waals surface area contributed by atoms with Gasteiger partial charge in [0.2, 0.25) is 0 Å². The number of non-ortho nitro benzene ring substituents is 1. The van der Waals surface area contributed by atoms with Crippen LogP contribution < -0.4 is 0 Å². The fourth-order valence-electron chi connectivity index (χ4n) is 2.53. The van der Waals surface area contributed by atoms with Gasteiger partial charge in [0.25, 0.3) is 11.6 Å². The van der Waals surface area contributed by atoms with E-state index in [0.717, 1.165) is 11.8 Å². The monoisotopic (exact) mass is 534 g/mol. The van der Waals surface area contributed by atoms with Gasteiger partial charge in [-0.15, -0.1) is 0 Å². The summed E-state index contributed by atoms with van der Waals surface area (Å²) < 4.78 is 4.14. The SMILES string of the molecule is C=C(C)C(C(=O)OCc1ccc([N+](=O)[O-])cc1)N1C(=O)C(Br)(Br)C1SC(C)=O. The summed E-state index contributed by atoms with van der Waals surface area (Å²) in [6.07, 6.45) is 0. The van der Waals surface area contributed by atoms with Crippen LogP contribution in [-0.4, -0.2) is 41.5 Å².